The van der Waals surface area contributed by atoms with Crippen molar-refractivity contribution in [3.63, 3.8) is 0 Å². The molecule has 0 heterocycles. The lowest BCUT2D eigenvalue weighted by Gasteiger charge is -2.27. The highest BCUT2D eigenvalue weighted by atomic mass is 16.1. The van der Waals surface area contributed by atoms with Crippen LogP contribution in [0.15, 0.2) is 11.8 Å². The Bertz CT molecular complexity index is 253. The Morgan fingerprint density at radius 3 is 2.62 bits per heavy atom. The third kappa shape index (κ3) is 1.77. The number of nitrogens with zero attached hydrogens (tertiary/aromatic N) is 1. The monoisotopic (exact) mass is 179 g/mol. The average molecular weight is 179 g/mol. The fraction of sp³-hybridized carbons (Fsp3) is 0.727. The van der Waals surface area contributed by atoms with Gasteiger partial charge in [-0.15, -0.1) is 0 Å². The Hall–Kier alpha value is -0.790. The van der Waals surface area contributed by atoms with Crippen molar-refractivity contribution in [2.45, 2.75) is 38.6 Å². The van der Waals surface area contributed by atoms with Crippen molar-refractivity contribution in [2.24, 2.45) is 5.92 Å². The molecule has 2 rings (SSSR count). The molecule has 1 saturated carbocycles. The summed E-state index contributed by atoms with van der Waals surface area (Å²) in [5.74, 6) is 1.17. The largest absolute Gasteiger partial charge is 0.375 e. The smallest absolute Gasteiger partial charge is 0.157 e. The van der Waals surface area contributed by atoms with E-state index in [0.29, 0.717) is 11.8 Å². The summed E-state index contributed by atoms with van der Waals surface area (Å²) in [5, 5.41) is 0. The number of rotatable bonds is 3. The van der Waals surface area contributed by atoms with Crippen LogP contribution in [0.1, 0.15) is 32.6 Å². The molecule has 13 heavy (non-hydrogen) atoms. The summed E-state index contributed by atoms with van der Waals surface area (Å²) >= 11 is 0. The molecule has 2 aliphatic carbocycles. The fourth-order valence-corrected chi connectivity index (χ4v) is 2.02. The van der Waals surface area contributed by atoms with E-state index in [4.69, 9.17) is 0 Å². The third-order valence-electron chi connectivity index (χ3n) is 3.32. The van der Waals surface area contributed by atoms with E-state index >= 15 is 0 Å². The number of carbonyl (C=O) groups excluding carboxylic acids is 1. The maximum Gasteiger partial charge on any atom is 0.157 e. The first-order chi connectivity index (χ1) is 6.18. The van der Waals surface area contributed by atoms with Crippen molar-refractivity contribution in [3.8, 4) is 0 Å². The minimum absolute atomic E-state index is 0.296. The van der Waals surface area contributed by atoms with Crippen molar-refractivity contribution in [1.29, 1.82) is 0 Å². The second-order valence-corrected chi connectivity index (χ2v) is 4.29. The molecule has 0 bridgehead atoms. The van der Waals surface area contributed by atoms with Crippen LogP contribution in [0, 0.1) is 5.92 Å². The Labute approximate surface area is 79.6 Å². The lowest BCUT2D eigenvalue weighted by Crippen LogP contribution is -2.29. The van der Waals surface area contributed by atoms with Gasteiger partial charge in [0.25, 0.3) is 0 Å². The molecule has 0 N–H and O–H groups in total. The molecule has 0 spiro atoms. The van der Waals surface area contributed by atoms with Gasteiger partial charge in [0.2, 0.25) is 0 Å². The second kappa shape index (κ2) is 3.17. The van der Waals surface area contributed by atoms with Crippen LogP contribution in [0.3, 0.4) is 0 Å². The lowest BCUT2D eigenvalue weighted by atomic mass is 10.1. The molecular weight excluding hydrogens is 162 g/mol. The van der Waals surface area contributed by atoms with Gasteiger partial charge in [-0.1, -0.05) is 0 Å². The molecular formula is C11H17NO. The topological polar surface area (TPSA) is 20.3 Å². The van der Waals surface area contributed by atoms with Gasteiger partial charge in [-0.2, -0.15) is 0 Å². The molecule has 0 aliphatic heterocycles. The molecule has 72 valence electrons. The highest BCUT2D eigenvalue weighted by molar-refractivity contribution is 5.92. The summed E-state index contributed by atoms with van der Waals surface area (Å²) in [6.07, 6.45) is 6.22. The highest BCUT2D eigenvalue weighted by Crippen LogP contribution is 2.36. The normalized spacial score (nSPS) is 24.5. The second-order valence-electron chi connectivity index (χ2n) is 4.29. The van der Waals surface area contributed by atoms with E-state index in [2.05, 4.69) is 18.9 Å². The predicted octanol–water partition coefficient (Wildman–Crippen LogP) is 1.96. The summed E-state index contributed by atoms with van der Waals surface area (Å²) in [5.41, 5.74) is 1.24. The molecule has 0 aromatic carbocycles. The van der Waals surface area contributed by atoms with Crippen LogP contribution >= 0.6 is 0 Å². The van der Waals surface area contributed by atoms with E-state index in [-0.39, 0.29) is 0 Å². The van der Waals surface area contributed by atoms with Gasteiger partial charge in [-0.05, 0) is 32.1 Å². The molecule has 1 atom stereocenters. The Kier molecular flexibility index (Phi) is 2.14. The van der Waals surface area contributed by atoms with Gasteiger partial charge < -0.3 is 4.90 Å². The SMILES string of the molecule is CC(C1CC1)N(C)C1=CC(=O)CC1. The van der Waals surface area contributed by atoms with Crippen LogP contribution in [0.5, 0.6) is 0 Å². The summed E-state index contributed by atoms with van der Waals surface area (Å²) in [7, 11) is 2.12. The summed E-state index contributed by atoms with van der Waals surface area (Å²) in [4.78, 5) is 13.4. The molecule has 2 aliphatic rings. The number of ketones is 1. The molecule has 0 amide bonds. The molecule has 0 aromatic rings. The molecule has 2 heteroatoms. The quantitative estimate of drug-likeness (QED) is 0.660. The van der Waals surface area contributed by atoms with Crippen LogP contribution in [-0.2, 0) is 4.79 Å². The van der Waals surface area contributed by atoms with Gasteiger partial charge >= 0.3 is 0 Å². The lowest BCUT2D eigenvalue weighted by molar-refractivity contribution is -0.114. The summed E-state index contributed by atoms with van der Waals surface area (Å²) < 4.78 is 0. The fourth-order valence-electron chi connectivity index (χ4n) is 2.02. The molecule has 0 aromatic heterocycles. The van der Waals surface area contributed by atoms with Crippen molar-refractivity contribution < 1.29 is 4.79 Å². The number of hydrogen-bond acceptors (Lipinski definition) is 2. The maximum absolute atomic E-state index is 11.1. The van der Waals surface area contributed by atoms with Crippen LogP contribution < -0.4 is 0 Å². The Morgan fingerprint density at radius 2 is 2.15 bits per heavy atom. The number of allylic oxidation sites excluding steroid dienone is 2. The third-order valence-corrected chi connectivity index (χ3v) is 3.32. The van der Waals surface area contributed by atoms with E-state index in [1.54, 1.807) is 0 Å². The van der Waals surface area contributed by atoms with E-state index in [1.807, 2.05) is 6.08 Å². The van der Waals surface area contributed by atoms with Crippen LogP contribution in [0.2, 0.25) is 0 Å². The first-order valence-electron chi connectivity index (χ1n) is 5.14. The molecule has 0 radical (unpaired) electrons. The zero-order valence-electron chi connectivity index (χ0n) is 8.42. The number of hydrogen-bond donors (Lipinski definition) is 0. The molecule has 1 fully saturated rings. The van der Waals surface area contributed by atoms with Crippen LogP contribution in [-0.4, -0.2) is 23.8 Å². The molecule has 0 saturated heterocycles. The first-order valence-corrected chi connectivity index (χ1v) is 5.14. The predicted molar refractivity (Wildman–Crippen MR) is 52.3 cm³/mol. The highest BCUT2D eigenvalue weighted by Gasteiger charge is 2.32. The van der Waals surface area contributed by atoms with Gasteiger partial charge in [-0.25, -0.2) is 0 Å². The van der Waals surface area contributed by atoms with Gasteiger partial charge in [0, 0.05) is 31.3 Å². The average Bonchev–Trinajstić information content (AvgIpc) is 2.87. The van der Waals surface area contributed by atoms with Crippen molar-refractivity contribution in [2.75, 3.05) is 7.05 Å². The van der Waals surface area contributed by atoms with Crippen LogP contribution in [0.25, 0.3) is 0 Å². The van der Waals surface area contributed by atoms with E-state index in [1.165, 1.54) is 18.5 Å². The van der Waals surface area contributed by atoms with Crippen molar-refractivity contribution in [1.82, 2.24) is 4.90 Å². The van der Waals surface area contributed by atoms with E-state index in [9.17, 15) is 4.79 Å². The Morgan fingerprint density at radius 1 is 1.46 bits per heavy atom. The first kappa shape index (κ1) is 8.79. The summed E-state index contributed by atoms with van der Waals surface area (Å²) in [6.45, 7) is 2.27. The van der Waals surface area contributed by atoms with Gasteiger partial charge in [0.1, 0.15) is 0 Å². The standard InChI is InChI=1S/C11H17NO/c1-8(9-3-4-9)12(2)10-5-6-11(13)7-10/h7-9H,3-6H2,1-2H3. The molecule has 2 nitrogen and oxygen atoms in total. The van der Waals surface area contributed by atoms with Gasteiger partial charge in [-0.3, -0.25) is 4.79 Å². The maximum atomic E-state index is 11.1. The van der Waals surface area contributed by atoms with Gasteiger partial charge in [0.15, 0.2) is 5.78 Å². The minimum atomic E-state index is 0.296. The van der Waals surface area contributed by atoms with E-state index < -0.39 is 0 Å². The Balaban J connectivity index is 1.99. The van der Waals surface area contributed by atoms with Gasteiger partial charge in [0.05, 0.1) is 0 Å². The zero-order chi connectivity index (χ0) is 9.42. The number of carbonyl (C=O) groups is 1. The van der Waals surface area contributed by atoms with Crippen molar-refractivity contribution in [3.05, 3.63) is 11.8 Å². The zero-order valence-corrected chi connectivity index (χ0v) is 8.42. The van der Waals surface area contributed by atoms with Crippen LogP contribution in [0.4, 0.5) is 0 Å². The molecule has 1 unspecified atom stereocenters. The summed E-state index contributed by atoms with van der Waals surface area (Å²) in [6, 6.07) is 0.622. The van der Waals surface area contributed by atoms with E-state index in [0.717, 1.165) is 18.8 Å². The van der Waals surface area contributed by atoms with Crippen molar-refractivity contribution >= 4 is 5.78 Å². The minimum Gasteiger partial charge on any atom is -0.375 e.